The van der Waals surface area contributed by atoms with Crippen LogP contribution in [0.15, 0.2) is 34.9 Å². The quantitative estimate of drug-likeness (QED) is 0.780. The smallest absolute Gasteiger partial charge is 0.259 e. The van der Waals surface area contributed by atoms with Gasteiger partial charge in [0, 0.05) is 26.2 Å². The van der Waals surface area contributed by atoms with Gasteiger partial charge < -0.3 is 24.6 Å². The molecule has 7 nitrogen and oxygen atoms in total. The molecule has 144 valence electrons. The molecule has 1 amide bonds. The number of methoxy groups -OCH3 is 2. The van der Waals surface area contributed by atoms with Gasteiger partial charge >= 0.3 is 0 Å². The van der Waals surface area contributed by atoms with Crippen molar-refractivity contribution in [2.24, 2.45) is 0 Å². The van der Waals surface area contributed by atoms with Crippen molar-refractivity contribution >= 4 is 33.3 Å². The number of hydrogen-bond donors (Lipinski definition) is 1. The number of benzene rings is 1. The highest BCUT2D eigenvalue weighted by atomic mass is 79.9. The van der Waals surface area contributed by atoms with Crippen LogP contribution in [0, 0.1) is 0 Å². The molecule has 2 aromatic rings. The lowest BCUT2D eigenvalue weighted by molar-refractivity contribution is 0.102. The lowest BCUT2D eigenvalue weighted by atomic mass is 10.1. The Labute approximate surface area is 167 Å². The van der Waals surface area contributed by atoms with E-state index in [9.17, 15) is 4.79 Å². The molecule has 0 aliphatic carbocycles. The van der Waals surface area contributed by atoms with Gasteiger partial charge in [0.25, 0.3) is 5.91 Å². The molecule has 0 atom stereocenters. The second kappa shape index (κ2) is 8.58. The molecule has 1 aromatic carbocycles. The van der Waals surface area contributed by atoms with Crippen LogP contribution in [0.3, 0.4) is 0 Å². The summed E-state index contributed by atoms with van der Waals surface area (Å²) in [6.07, 6.45) is 1.67. The highest BCUT2D eigenvalue weighted by molar-refractivity contribution is 9.10. The SMILES string of the molecule is COc1cc(Br)c(OC)c(C(=O)Nc2ccc(N3CCN(C)CC3)nc2)c1. The Morgan fingerprint density at radius 2 is 1.89 bits per heavy atom. The minimum atomic E-state index is -0.291. The van der Waals surface area contributed by atoms with E-state index in [0.717, 1.165) is 32.0 Å². The summed E-state index contributed by atoms with van der Waals surface area (Å²) in [5.74, 6) is 1.65. The highest BCUT2D eigenvalue weighted by Crippen LogP contribution is 2.34. The van der Waals surface area contributed by atoms with Gasteiger partial charge in [0.15, 0.2) is 0 Å². The third-order valence-electron chi connectivity index (χ3n) is 4.53. The third-order valence-corrected chi connectivity index (χ3v) is 5.12. The third kappa shape index (κ3) is 4.51. The predicted octanol–water partition coefficient (Wildman–Crippen LogP) is 2.87. The first-order valence-corrected chi connectivity index (χ1v) is 9.43. The number of carbonyl (C=O) groups excluding carboxylic acids is 1. The molecule has 1 aromatic heterocycles. The molecule has 27 heavy (non-hydrogen) atoms. The van der Waals surface area contributed by atoms with Gasteiger partial charge in [-0.15, -0.1) is 0 Å². The fourth-order valence-electron chi connectivity index (χ4n) is 2.94. The number of nitrogens with zero attached hydrogens (tertiary/aromatic N) is 3. The zero-order chi connectivity index (χ0) is 19.4. The summed E-state index contributed by atoms with van der Waals surface area (Å²) in [5, 5.41) is 2.86. The van der Waals surface area contributed by atoms with Gasteiger partial charge in [0.2, 0.25) is 0 Å². The summed E-state index contributed by atoms with van der Waals surface area (Å²) in [5.41, 5.74) is 1.01. The number of piperazine rings is 1. The number of amides is 1. The van der Waals surface area contributed by atoms with E-state index in [1.807, 2.05) is 12.1 Å². The second-order valence-corrected chi connectivity index (χ2v) is 7.19. The van der Waals surface area contributed by atoms with Crippen LogP contribution < -0.4 is 19.7 Å². The van der Waals surface area contributed by atoms with Crippen molar-refractivity contribution in [2.75, 3.05) is 57.7 Å². The summed E-state index contributed by atoms with van der Waals surface area (Å²) in [7, 11) is 5.20. The summed E-state index contributed by atoms with van der Waals surface area (Å²) in [6.45, 7) is 3.93. The van der Waals surface area contributed by atoms with Crippen LogP contribution in [-0.2, 0) is 0 Å². The Kier molecular flexibility index (Phi) is 6.18. The summed E-state index contributed by atoms with van der Waals surface area (Å²) in [4.78, 5) is 21.8. The van der Waals surface area contributed by atoms with Crippen LogP contribution in [0.4, 0.5) is 11.5 Å². The van der Waals surface area contributed by atoms with Crippen LogP contribution in [-0.4, -0.2) is 63.2 Å². The standard InChI is InChI=1S/C19H23BrN4O3/c1-23-6-8-24(9-7-23)17-5-4-13(12-21-17)22-19(25)15-10-14(26-2)11-16(20)18(15)27-3/h4-5,10-12H,6-9H2,1-3H3,(H,22,25). The molecule has 2 heterocycles. The minimum Gasteiger partial charge on any atom is -0.497 e. The number of hydrogen-bond acceptors (Lipinski definition) is 6. The van der Waals surface area contributed by atoms with E-state index in [0.29, 0.717) is 27.2 Å². The normalized spacial score (nSPS) is 14.7. The van der Waals surface area contributed by atoms with Crippen LogP contribution in [0.1, 0.15) is 10.4 Å². The molecule has 3 rings (SSSR count). The number of ether oxygens (including phenoxy) is 2. The molecular formula is C19H23BrN4O3. The molecule has 0 spiro atoms. The fourth-order valence-corrected chi connectivity index (χ4v) is 3.54. The maximum atomic E-state index is 12.7. The van der Waals surface area contributed by atoms with Crippen molar-refractivity contribution in [3.8, 4) is 11.5 Å². The molecule has 1 saturated heterocycles. The van der Waals surface area contributed by atoms with Crippen LogP contribution in [0.2, 0.25) is 0 Å². The Hall–Kier alpha value is -2.32. The number of aromatic nitrogens is 1. The molecule has 1 fully saturated rings. The second-order valence-electron chi connectivity index (χ2n) is 6.34. The van der Waals surface area contributed by atoms with Gasteiger partial charge in [-0.3, -0.25) is 4.79 Å². The maximum absolute atomic E-state index is 12.7. The topological polar surface area (TPSA) is 66.9 Å². The predicted molar refractivity (Wildman–Crippen MR) is 109 cm³/mol. The number of likely N-dealkylation sites (N-methyl/N-ethyl adjacent to an activating group) is 1. The summed E-state index contributed by atoms with van der Waals surface area (Å²) in [6, 6.07) is 7.19. The lowest BCUT2D eigenvalue weighted by Gasteiger charge is -2.33. The number of rotatable bonds is 5. The highest BCUT2D eigenvalue weighted by Gasteiger charge is 2.18. The van der Waals surface area contributed by atoms with Gasteiger partial charge in [-0.05, 0) is 47.2 Å². The lowest BCUT2D eigenvalue weighted by Crippen LogP contribution is -2.44. The average molecular weight is 435 g/mol. The van der Waals surface area contributed by atoms with Gasteiger partial charge in [0.05, 0.1) is 36.1 Å². The van der Waals surface area contributed by atoms with Crippen molar-refractivity contribution < 1.29 is 14.3 Å². The van der Waals surface area contributed by atoms with Crippen molar-refractivity contribution in [1.82, 2.24) is 9.88 Å². The maximum Gasteiger partial charge on any atom is 0.259 e. The molecule has 0 bridgehead atoms. The van der Waals surface area contributed by atoms with E-state index in [1.54, 1.807) is 25.4 Å². The van der Waals surface area contributed by atoms with Gasteiger partial charge in [-0.25, -0.2) is 4.98 Å². The average Bonchev–Trinajstić information content (AvgIpc) is 2.68. The first kappa shape index (κ1) is 19.4. The molecule has 1 N–H and O–H groups in total. The monoisotopic (exact) mass is 434 g/mol. The molecule has 8 heteroatoms. The zero-order valence-corrected chi connectivity index (χ0v) is 17.2. The van der Waals surface area contributed by atoms with Crippen LogP contribution >= 0.6 is 15.9 Å². The molecule has 1 aliphatic heterocycles. The van der Waals surface area contributed by atoms with Gasteiger partial charge in [-0.2, -0.15) is 0 Å². The molecule has 1 aliphatic rings. The molecular weight excluding hydrogens is 412 g/mol. The minimum absolute atomic E-state index is 0.291. The van der Waals surface area contributed by atoms with Crippen LogP contribution in [0.5, 0.6) is 11.5 Å². The van der Waals surface area contributed by atoms with E-state index in [1.165, 1.54) is 7.11 Å². The van der Waals surface area contributed by atoms with E-state index < -0.39 is 0 Å². The Morgan fingerprint density at radius 3 is 2.48 bits per heavy atom. The fraction of sp³-hybridized carbons (Fsp3) is 0.368. The number of pyridine rings is 1. The summed E-state index contributed by atoms with van der Waals surface area (Å²) < 4.78 is 11.2. The first-order valence-electron chi connectivity index (χ1n) is 8.64. The Balaban J connectivity index is 1.74. The van der Waals surface area contributed by atoms with E-state index in [4.69, 9.17) is 9.47 Å². The number of carbonyl (C=O) groups is 1. The molecule has 0 unspecified atom stereocenters. The summed E-state index contributed by atoms with van der Waals surface area (Å²) >= 11 is 3.40. The van der Waals surface area contributed by atoms with Gasteiger partial charge in [0.1, 0.15) is 17.3 Å². The van der Waals surface area contributed by atoms with Crippen molar-refractivity contribution in [2.45, 2.75) is 0 Å². The van der Waals surface area contributed by atoms with Crippen LogP contribution in [0.25, 0.3) is 0 Å². The number of nitrogens with one attached hydrogen (secondary N) is 1. The van der Waals surface area contributed by atoms with E-state index in [2.05, 4.69) is 43.1 Å². The number of anilines is 2. The van der Waals surface area contributed by atoms with E-state index in [-0.39, 0.29) is 5.91 Å². The van der Waals surface area contributed by atoms with Crippen molar-refractivity contribution in [1.29, 1.82) is 0 Å². The Morgan fingerprint density at radius 1 is 1.15 bits per heavy atom. The Bertz CT molecular complexity index is 805. The molecule has 0 radical (unpaired) electrons. The largest absolute Gasteiger partial charge is 0.497 e. The molecule has 0 saturated carbocycles. The van der Waals surface area contributed by atoms with Crippen molar-refractivity contribution in [3.63, 3.8) is 0 Å². The van der Waals surface area contributed by atoms with Crippen molar-refractivity contribution in [3.05, 3.63) is 40.5 Å². The first-order chi connectivity index (χ1) is 13.0. The van der Waals surface area contributed by atoms with Gasteiger partial charge in [-0.1, -0.05) is 0 Å². The van der Waals surface area contributed by atoms with E-state index >= 15 is 0 Å². The zero-order valence-electron chi connectivity index (χ0n) is 15.7. The number of halogens is 1.